The molecule has 0 radical (unpaired) electrons. The highest BCUT2D eigenvalue weighted by molar-refractivity contribution is 5.94. The van der Waals surface area contributed by atoms with Gasteiger partial charge in [0.1, 0.15) is 5.75 Å². The number of ether oxygens (including phenoxy) is 1. The number of nitrogens with zero attached hydrogens (tertiary/aromatic N) is 1. The van der Waals surface area contributed by atoms with E-state index in [0.29, 0.717) is 6.54 Å². The molecule has 1 aliphatic carbocycles. The number of imide groups is 1. The number of hydrogen-bond acceptors (Lipinski definition) is 4. The number of amides is 3. The van der Waals surface area contributed by atoms with E-state index in [2.05, 4.69) is 27.7 Å². The SMILES string of the molecule is COc1ccc(N2CC[NH+](CC(=O)NC(=O)NC3CC3)CC2)cc1. The number of methoxy groups -OCH3 is 1. The minimum atomic E-state index is -0.362. The first-order valence-electron chi connectivity index (χ1n) is 8.47. The third kappa shape index (κ3) is 4.61. The Kier molecular flexibility index (Phi) is 5.20. The van der Waals surface area contributed by atoms with Crippen molar-refractivity contribution in [2.45, 2.75) is 18.9 Å². The summed E-state index contributed by atoms with van der Waals surface area (Å²) in [6.45, 7) is 3.88. The lowest BCUT2D eigenvalue weighted by molar-refractivity contribution is -0.892. The minimum absolute atomic E-state index is 0.207. The second kappa shape index (κ2) is 7.53. The van der Waals surface area contributed by atoms with Crippen LogP contribution >= 0.6 is 0 Å². The fraction of sp³-hybridized carbons (Fsp3) is 0.529. The smallest absolute Gasteiger partial charge is 0.321 e. The van der Waals surface area contributed by atoms with Crippen LogP contribution in [0.5, 0.6) is 5.75 Å². The van der Waals surface area contributed by atoms with Gasteiger partial charge in [0.15, 0.2) is 6.54 Å². The molecule has 0 bridgehead atoms. The number of piperazine rings is 1. The molecule has 2 aliphatic rings. The maximum atomic E-state index is 11.9. The quantitative estimate of drug-likeness (QED) is 0.672. The van der Waals surface area contributed by atoms with Crippen LogP contribution in [0.2, 0.25) is 0 Å². The summed E-state index contributed by atoms with van der Waals surface area (Å²) >= 11 is 0. The Balaban J connectivity index is 1.40. The normalized spacial score (nSPS) is 18.1. The number of urea groups is 1. The summed E-state index contributed by atoms with van der Waals surface area (Å²) in [5.74, 6) is 0.644. The number of hydrogen-bond donors (Lipinski definition) is 3. The lowest BCUT2D eigenvalue weighted by Crippen LogP contribution is -3.16. The van der Waals surface area contributed by atoms with Gasteiger partial charge in [0.2, 0.25) is 0 Å². The molecule has 3 N–H and O–H groups in total. The third-order valence-corrected chi connectivity index (χ3v) is 4.48. The first-order valence-corrected chi connectivity index (χ1v) is 8.47. The van der Waals surface area contributed by atoms with Gasteiger partial charge < -0.3 is 19.9 Å². The predicted octanol–water partition coefficient (Wildman–Crippen LogP) is -0.612. The largest absolute Gasteiger partial charge is 0.497 e. The zero-order chi connectivity index (χ0) is 16.9. The van der Waals surface area contributed by atoms with Gasteiger partial charge in [0, 0.05) is 11.7 Å². The van der Waals surface area contributed by atoms with Gasteiger partial charge in [-0.1, -0.05) is 0 Å². The van der Waals surface area contributed by atoms with E-state index in [4.69, 9.17) is 4.74 Å². The first kappa shape index (κ1) is 16.6. The molecular formula is C17H25N4O3+. The van der Waals surface area contributed by atoms with Crippen LogP contribution in [-0.4, -0.2) is 57.8 Å². The summed E-state index contributed by atoms with van der Waals surface area (Å²) in [6, 6.07) is 7.93. The van der Waals surface area contributed by atoms with E-state index >= 15 is 0 Å². The van der Waals surface area contributed by atoms with Crippen LogP contribution in [0, 0.1) is 0 Å². The maximum Gasteiger partial charge on any atom is 0.321 e. The Morgan fingerprint density at radius 3 is 2.46 bits per heavy atom. The summed E-state index contributed by atoms with van der Waals surface area (Å²) in [5, 5.41) is 5.18. The molecule has 0 aromatic heterocycles. The van der Waals surface area contributed by atoms with Crippen molar-refractivity contribution in [3.05, 3.63) is 24.3 Å². The monoisotopic (exact) mass is 333 g/mol. The van der Waals surface area contributed by atoms with Gasteiger partial charge in [0.05, 0.1) is 33.3 Å². The molecule has 24 heavy (non-hydrogen) atoms. The molecular weight excluding hydrogens is 308 g/mol. The van der Waals surface area contributed by atoms with Crippen molar-refractivity contribution in [1.82, 2.24) is 10.6 Å². The van der Waals surface area contributed by atoms with Crippen LogP contribution in [0.4, 0.5) is 10.5 Å². The lowest BCUT2D eigenvalue weighted by atomic mass is 10.2. The molecule has 2 fully saturated rings. The van der Waals surface area contributed by atoms with Gasteiger partial charge in [-0.15, -0.1) is 0 Å². The van der Waals surface area contributed by atoms with Crippen LogP contribution in [0.25, 0.3) is 0 Å². The van der Waals surface area contributed by atoms with Crippen molar-refractivity contribution in [2.75, 3.05) is 44.7 Å². The van der Waals surface area contributed by atoms with E-state index in [-0.39, 0.29) is 18.0 Å². The number of carbonyl (C=O) groups is 2. The van der Waals surface area contributed by atoms with Gasteiger partial charge in [-0.05, 0) is 37.1 Å². The average Bonchev–Trinajstić information content (AvgIpc) is 3.39. The number of quaternary nitrogens is 1. The lowest BCUT2D eigenvalue weighted by Gasteiger charge is -2.33. The van der Waals surface area contributed by atoms with Gasteiger partial charge in [-0.25, -0.2) is 4.79 Å². The summed E-state index contributed by atoms with van der Waals surface area (Å²) in [7, 11) is 1.66. The predicted molar refractivity (Wildman–Crippen MR) is 90.5 cm³/mol. The Labute approximate surface area is 141 Å². The van der Waals surface area contributed by atoms with Crippen molar-refractivity contribution >= 4 is 17.6 Å². The molecule has 130 valence electrons. The Bertz CT molecular complexity index is 578. The average molecular weight is 333 g/mol. The molecule has 7 heteroatoms. The molecule has 1 saturated heterocycles. The van der Waals surface area contributed by atoms with Crippen LogP contribution in [-0.2, 0) is 4.79 Å². The van der Waals surface area contributed by atoms with Gasteiger partial charge in [0.25, 0.3) is 5.91 Å². The number of rotatable bonds is 5. The van der Waals surface area contributed by atoms with Crippen LogP contribution in [0.15, 0.2) is 24.3 Å². The molecule has 0 unspecified atom stereocenters. The summed E-state index contributed by atoms with van der Waals surface area (Å²) < 4.78 is 5.18. The highest BCUT2D eigenvalue weighted by Crippen LogP contribution is 2.19. The standard InChI is InChI=1S/C17H24N4O3/c1-24-15-6-4-14(5-7-15)21-10-8-20(9-11-21)12-16(22)19-17(23)18-13-2-3-13/h4-7,13H,2-3,8-12H2,1H3,(H2,18,19,22,23)/p+1. The second-order valence-electron chi connectivity index (χ2n) is 6.41. The summed E-state index contributed by atoms with van der Waals surface area (Å²) in [4.78, 5) is 27.0. The van der Waals surface area contributed by atoms with E-state index < -0.39 is 0 Å². The maximum absolute atomic E-state index is 11.9. The fourth-order valence-corrected chi connectivity index (χ4v) is 2.90. The van der Waals surface area contributed by atoms with E-state index in [1.165, 1.54) is 10.6 Å². The highest BCUT2D eigenvalue weighted by atomic mass is 16.5. The molecule has 0 atom stereocenters. The Hall–Kier alpha value is -2.28. The van der Waals surface area contributed by atoms with E-state index in [1.54, 1.807) is 7.11 Å². The number of nitrogens with one attached hydrogen (secondary N) is 3. The molecule has 1 saturated carbocycles. The Morgan fingerprint density at radius 2 is 1.88 bits per heavy atom. The molecule has 1 heterocycles. The van der Waals surface area contributed by atoms with Crippen LogP contribution in [0.3, 0.4) is 0 Å². The summed E-state index contributed by atoms with van der Waals surface area (Å²) in [6.07, 6.45) is 2.03. The van der Waals surface area contributed by atoms with Crippen molar-refractivity contribution in [3.63, 3.8) is 0 Å². The van der Waals surface area contributed by atoms with Gasteiger partial charge in [-0.2, -0.15) is 0 Å². The van der Waals surface area contributed by atoms with Gasteiger partial charge >= 0.3 is 6.03 Å². The molecule has 1 aromatic rings. The molecule has 1 aromatic carbocycles. The molecule has 3 amide bonds. The number of anilines is 1. The second-order valence-corrected chi connectivity index (χ2v) is 6.41. The van der Waals surface area contributed by atoms with Gasteiger partial charge in [-0.3, -0.25) is 10.1 Å². The zero-order valence-corrected chi connectivity index (χ0v) is 14.0. The number of carbonyl (C=O) groups excluding carboxylic acids is 2. The van der Waals surface area contributed by atoms with Crippen molar-refractivity contribution in [2.24, 2.45) is 0 Å². The van der Waals surface area contributed by atoms with Crippen LogP contribution in [0.1, 0.15) is 12.8 Å². The minimum Gasteiger partial charge on any atom is -0.497 e. The Morgan fingerprint density at radius 1 is 1.21 bits per heavy atom. The van der Waals surface area contributed by atoms with Crippen molar-refractivity contribution < 1.29 is 19.2 Å². The third-order valence-electron chi connectivity index (χ3n) is 4.48. The first-order chi connectivity index (χ1) is 11.6. The fourth-order valence-electron chi connectivity index (χ4n) is 2.90. The molecule has 7 nitrogen and oxygen atoms in total. The molecule has 0 spiro atoms. The molecule has 3 rings (SSSR count). The topological polar surface area (TPSA) is 75.1 Å². The molecule has 1 aliphatic heterocycles. The number of benzene rings is 1. The van der Waals surface area contributed by atoms with Crippen LogP contribution < -0.4 is 25.2 Å². The summed E-state index contributed by atoms with van der Waals surface area (Å²) in [5.41, 5.74) is 1.17. The zero-order valence-electron chi connectivity index (χ0n) is 14.0. The van der Waals surface area contributed by atoms with Crippen molar-refractivity contribution in [3.8, 4) is 5.75 Å². The van der Waals surface area contributed by atoms with Crippen molar-refractivity contribution in [1.29, 1.82) is 0 Å². The van der Waals surface area contributed by atoms with E-state index in [0.717, 1.165) is 44.8 Å². The van der Waals surface area contributed by atoms with E-state index in [1.807, 2.05) is 12.1 Å². The van der Waals surface area contributed by atoms with E-state index in [9.17, 15) is 9.59 Å². The highest BCUT2D eigenvalue weighted by Gasteiger charge is 2.26.